The molecule has 7 nitrogen and oxygen atoms in total. The van der Waals surface area contributed by atoms with Gasteiger partial charge in [-0.15, -0.1) is 0 Å². The van der Waals surface area contributed by atoms with E-state index in [4.69, 9.17) is 0 Å². The number of aromatic amines is 2. The number of carbonyl (C=O) groups is 2. The van der Waals surface area contributed by atoms with Crippen LogP contribution in [0.2, 0.25) is 0 Å². The molecule has 4 N–H and O–H groups in total. The summed E-state index contributed by atoms with van der Waals surface area (Å²) in [4.78, 5) is 35.2. The summed E-state index contributed by atoms with van der Waals surface area (Å²) in [6, 6.07) is 18.6. The molecule has 0 aliphatic heterocycles. The molecular weight excluding hydrogens is 416 g/mol. The van der Waals surface area contributed by atoms with Crippen LogP contribution in [0.4, 0.5) is 5.69 Å². The summed E-state index contributed by atoms with van der Waals surface area (Å²) in [6.07, 6.45) is 6.96. The fourth-order valence-electron chi connectivity index (χ4n) is 3.91. The Morgan fingerprint density at radius 1 is 0.970 bits per heavy atom. The number of aliphatic carboxylic acids is 1. The van der Waals surface area contributed by atoms with Crippen molar-refractivity contribution in [1.29, 1.82) is 0 Å². The summed E-state index contributed by atoms with van der Waals surface area (Å²) in [6.45, 7) is 0. The lowest BCUT2D eigenvalue weighted by atomic mass is 10.0. The van der Waals surface area contributed by atoms with Gasteiger partial charge in [0.25, 0.3) is 0 Å². The van der Waals surface area contributed by atoms with E-state index < -0.39 is 5.97 Å². The van der Waals surface area contributed by atoms with Gasteiger partial charge in [0.2, 0.25) is 5.91 Å². The average Bonchev–Trinajstić information content (AvgIpc) is 3.41. The second kappa shape index (κ2) is 8.47. The Balaban J connectivity index is 1.42. The normalized spacial score (nSPS) is 11.7. The number of carboxylic acid groups (broad SMARTS) is 1. The van der Waals surface area contributed by atoms with Crippen LogP contribution in [0.3, 0.4) is 0 Å². The first kappa shape index (κ1) is 20.3. The smallest absolute Gasteiger partial charge is 0.336 e. The Morgan fingerprint density at radius 2 is 1.76 bits per heavy atom. The number of carboxylic acids is 1. The van der Waals surface area contributed by atoms with Crippen LogP contribution in [-0.4, -0.2) is 31.9 Å². The number of aromatic nitrogens is 3. The summed E-state index contributed by atoms with van der Waals surface area (Å²) in [7, 11) is 0. The van der Waals surface area contributed by atoms with Crippen LogP contribution >= 0.6 is 0 Å². The number of nitrogens with one attached hydrogen (secondary N) is 3. The fourth-order valence-corrected chi connectivity index (χ4v) is 3.91. The van der Waals surface area contributed by atoms with Gasteiger partial charge in [-0.1, -0.05) is 48.5 Å². The Labute approximate surface area is 188 Å². The second-order valence-electron chi connectivity index (χ2n) is 7.68. The zero-order chi connectivity index (χ0) is 22.8. The van der Waals surface area contributed by atoms with Crippen LogP contribution in [0.5, 0.6) is 0 Å². The maximum absolute atomic E-state index is 12.7. The lowest BCUT2D eigenvalue weighted by Crippen LogP contribution is -2.14. The quantitative estimate of drug-likeness (QED) is 0.285. The first-order valence-corrected chi connectivity index (χ1v) is 10.4. The number of carbonyl (C=O) groups excluding carboxylic acids is 1. The summed E-state index contributed by atoms with van der Waals surface area (Å²) < 4.78 is 0. The van der Waals surface area contributed by atoms with Gasteiger partial charge in [-0.05, 0) is 29.3 Å². The third kappa shape index (κ3) is 4.12. The van der Waals surface area contributed by atoms with Crippen LogP contribution in [-0.2, 0) is 16.0 Å². The molecule has 33 heavy (non-hydrogen) atoms. The topological polar surface area (TPSA) is 111 Å². The van der Waals surface area contributed by atoms with Crippen LogP contribution in [0.1, 0.15) is 16.7 Å². The molecule has 0 aliphatic rings. The number of hydrogen-bond donors (Lipinski definition) is 4. The fraction of sp³-hybridized carbons (Fsp3) is 0.0385. The molecule has 0 radical (unpaired) electrons. The highest BCUT2D eigenvalue weighted by atomic mass is 16.4. The van der Waals surface area contributed by atoms with Crippen molar-refractivity contribution in [1.82, 2.24) is 15.0 Å². The van der Waals surface area contributed by atoms with Gasteiger partial charge in [0.1, 0.15) is 5.65 Å². The maximum Gasteiger partial charge on any atom is 0.336 e. The molecule has 0 fully saturated rings. The van der Waals surface area contributed by atoms with Crippen molar-refractivity contribution >= 4 is 51.1 Å². The Hall–Kier alpha value is -4.65. The minimum absolute atomic E-state index is 0.163. The van der Waals surface area contributed by atoms with Crippen LogP contribution < -0.4 is 5.32 Å². The van der Waals surface area contributed by atoms with Crippen molar-refractivity contribution in [3.05, 3.63) is 95.9 Å². The molecule has 162 valence electrons. The van der Waals surface area contributed by atoms with Crippen molar-refractivity contribution in [2.75, 3.05) is 5.32 Å². The number of H-pyrrole nitrogens is 2. The summed E-state index contributed by atoms with van der Waals surface area (Å²) >= 11 is 0. The zero-order valence-corrected chi connectivity index (χ0v) is 17.5. The Morgan fingerprint density at radius 3 is 2.58 bits per heavy atom. The molecule has 2 aromatic carbocycles. The van der Waals surface area contributed by atoms with Crippen molar-refractivity contribution in [3.63, 3.8) is 0 Å². The average molecular weight is 436 g/mol. The van der Waals surface area contributed by atoms with Gasteiger partial charge in [0, 0.05) is 34.2 Å². The van der Waals surface area contributed by atoms with E-state index in [9.17, 15) is 14.7 Å². The Bertz CT molecular complexity index is 1510. The zero-order valence-electron chi connectivity index (χ0n) is 17.5. The minimum Gasteiger partial charge on any atom is -0.478 e. The van der Waals surface area contributed by atoms with Crippen molar-refractivity contribution in [3.8, 4) is 0 Å². The molecule has 5 aromatic rings. The van der Waals surface area contributed by atoms with E-state index in [-0.39, 0.29) is 17.9 Å². The number of anilines is 1. The highest BCUT2D eigenvalue weighted by Crippen LogP contribution is 2.26. The van der Waals surface area contributed by atoms with Crippen LogP contribution in [0.25, 0.3) is 33.6 Å². The monoisotopic (exact) mass is 436 g/mol. The van der Waals surface area contributed by atoms with Gasteiger partial charge in [0.15, 0.2) is 0 Å². The second-order valence-corrected chi connectivity index (χ2v) is 7.68. The molecule has 0 atom stereocenters. The maximum atomic E-state index is 12.7. The molecule has 0 spiro atoms. The number of hydrogen-bond acceptors (Lipinski definition) is 3. The van der Waals surface area contributed by atoms with E-state index in [2.05, 4.69) is 20.3 Å². The van der Waals surface area contributed by atoms with Gasteiger partial charge in [-0.2, -0.15) is 0 Å². The van der Waals surface area contributed by atoms with Gasteiger partial charge < -0.3 is 20.4 Å². The minimum atomic E-state index is -1.02. The molecule has 1 amide bonds. The first-order chi connectivity index (χ1) is 16.1. The van der Waals surface area contributed by atoms with E-state index in [1.807, 2.05) is 36.5 Å². The molecule has 3 aromatic heterocycles. The highest BCUT2D eigenvalue weighted by Gasteiger charge is 2.14. The van der Waals surface area contributed by atoms with Crippen molar-refractivity contribution in [2.24, 2.45) is 0 Å². The first-order valence-electron chi connectivity index (χ1n) is 10.4. The van der Waals surface area contributed by atoms with Crippen LogP contribution in [0, 0.1) is 0 Å². The lowest BCUT2D eigenvalue weighted by Gasteiger charge is -2.06. The lowest BCUT2D eigenvalue weighted by molar-refractivity contribution is -0.130. The molecule has 0 unspecified atom stereocenters. The summed E-state index contributed by atoms with van der Waals surface area (Å²) in [5, 5.41) is 14.3. The molecule has 0 bridgehead atoms. The van der Waals surface area contributed by atoms with Crippen LogP contribution in [0.15, 0.2) is 79.3 Å². The third-order valence-corrected chi connectivity index (χ3v) is 5.49. The van der Waals surface area contributed by atoms with Crippen molar-refractivity contribution in [2.45, 2.75) is 6.42 Å². The van der Waals surface area contributed by atoms with Gasteiger partial charge in [-0.3, -0.25) is 4.79 Å². The van der Waals surface area contributed by atoms with Gasteiger partial charge in [-0.25, -0.2) is 9.78 Å². The molecule has 0 saturated carbocycles. The molecule has 3 heterocycles. The molecule has 5 rings (SSSR count). The molecular formula is C26H20N4O3. The number of nitrogens with zero attached hydrogens (tertiary/aromatic N) is 1. The van der Waals surface area contributed by atoms with E-state index in [0.717, 1.165) is 21.9 Å². The summed E-state index contributed by atoms with van der Waals surface area (Å²) in [5.41, 5.74) is 4.50. The van der Waals surface area contributed by atoms with E-state index >= 15 is 0 Å². The molecule has 0 aliphatic carbocycles. The Kier molecular flexibility index (Phi) is 5.20. The number of amides is 1. The predicted molar refractivity (Wildman–Crippen MR) is 129 cm³/mol. The highest BCUT2D eigenvalue weighted by molar-refractivity contribution is 6.21. The van der Waals surface area contributed by atoms with Gasteiger partial charge >= 0.3 is 5.97 Å². The predicted octanol–water partition coefficient (Wildman–Crippen LogP) is 4.85. The number of rotatable bonds is 6. The molecule has 7 heteroatoms. The summed E-state index contributed by atoms with van der Waals surface area (Å²) in [5.74, 6) is -1.18. The van der Waals surface area contributed by atoms with E-state index in [1.165, 1.54) is 0 Å². The number of pyridine rings is 1. The third-order valence-electron chi connectivity index (χ3n) is 5.49. The standard InChI is InChI=1S/C26H20N4O3/c31-24(11-18-13-27-23-9-5-4-8-20(18)23)30-19-12-21-17(14-28-25(21)29-15-19)10-22(26(32)33)16-6-2-1-3-7-16/h1-10,12-15,27H,11H2,(H,28,29)(H,30,31)(H,32,33). The number of benzene rings is 2. The molecule has 0 saturated heterocycles. The van der Waals surface area contributed by atoms with E-state index in [1.54, 1.807) is 48.8 Å². The van der Waals surface area contributed by atoms with E-state index in [0.29, 0.717) is 22.5 Å². The SMILES string of the molecule is O=C(Cc1c[nH]c2ccccc12)Nc1cnc2[nH]cc(C=C(C(=O)O)c3ccccc3)c2c1. The van der Waals surface area contributed by atoms with Gasteiger partial charge in [0.05, 0.1) is 23.9 Å². The van der Waals surface area contributed by atoms with Crippen molar-refractivity contribution < 1.29 is 14.7 Å². The number of para-hydroxylation sites is 1. The number of fused-ring (bicyclic) bond motifs is 2. The largest absolute Gasteiger partial charge is 0.478 e.